The van der Waals surface area contributed by atoms with E-state index in [9.17, 15) is 29.3 Å². The molecule has 1 aromatic rings. The minimum Gasteiger partial charge on any atom is -0.390 e. The summed E-state index contributed by atoms with van der Waals surface area (Å²) >= 11 is 0. The van der Waals surface area contributed by atoms with E-state index < -0.39 is 47.7 Å². The number of unbranched alkanes of at least 4 members (excludes halogenated alkanes) is 2. The Morgan fingerprint density at radius 3 is 2.70 bits per heavy atom. The van der Waals surface area contributed by atoms with Crippen molar-refractivity contribution in [1.82, 2.24) is 9.55 Å². The van der Waals surface area contributed by atoms with E-state index in [4.69, 9.17) is 4.74 Å². The summed E-state index contributed by atoms with van der Waals surface area (Å²) in [6.45, 7) is 2.00. The number of nitrogens with zero attached hydrogens (tertiary/aromatic N) is 1. The van der Waals surface area contributed by atoms with Crippen LogP contribution >= 0.6 is 0 Å². The van der Waals surface area contributed by atoms with Gasteiger partial charge in [0.05, 0.1) is 12.3 Å². The zero-order valence-corrected chi connectivity index (χ0v) is 12.7. The summed E-state index contributed by atoms with van der Waals surface area (Å²) in [6.07, 6.45) is -2.95. The minimum atomic E-state index is -1.54. The highest BCUT2D eigenvalue weighted by Gasteiger charge is 2.47. The Balaban J connectivity index is 2.18. The Morgan fingerprint density at radius 2 is 2.04 bits per heavy atom. The van der Waals surface area contributed by atoms with Crippen LogP contribution in [0.25, 0.3) is 0 Å². The summed E-state index contributed by atoms with van der Waals surface area (Å²) in [7, 11) is 0. The van der Waals surface area contributed by atoms with Gasteiger partial charge in [-0.3, -0.25) is 14.3 Å². The van der Waals surface area contributed by atoms with Gasteiger partial charge in [0.15, 0.2) is 6.23 Å². The van der Waals surface area contributed by atoms with Crippen LogP contribution < -0.4 is 11.2 Å². The predicted octanol–water partition coefficient (Wildman–Crippen LogP) is -0.764. The van der Waals surface area contributed by atoms with Crippen LogP contribution in [0.15, 0.2) is 15.8 Å². The number of H-pyrrole nitrogens is 1. The number of hydrogen-bond donors (Lipinski definition) is 4. The van der Waals surface area contributed by atoms with Crippen molar-refractivity contribution in [2.24, 2.45) is 0 Å². The van der Waals surface area contributed by atoms with Gasteiger partial charge in [0.25, 0.3) is 5.56 Å². The highest BCUT2D eigenvalue weighted by atomic mass is 19.1. The number of aliphatic hydroxyl groups is 3. The molecule has 0 spiro atoms. The molecule has 9 heteroatoms. The summed E-state index contributed by atoms with van der Waals surface area (Å²) in [5, 5.41) is 30.1. The first-order chi connectivity index (χ1) is 10.9. The number of aromatic amines is 1. The third kappa shape index (κ3) is 3.69. The van der Waals surface area contributed by atoms with Crippen LogP contribution in [0.2, 0.25) is 0 Å². The Kier molecular flexibility index (Phi) is 5.69. The fourth-order valence-corrected chi connectivity index (χ4v) is 2.65. The molecule has 2 heterocycles. The molecule has 0 aromatic carbocycles. The van der Waals surface area contributed by atoms with E-state index in [2.05, 4.69) is 0 Å². The smallest absolute Gasteiger partial charge is 0.330 e. The minimum absolute atomic E-state index is 0.365. The van der Waals surface area contributed by atoms with E-state index in [1.807, 2.05) is 6.92 Å². The van der Waals surface area contributed by atoms with Gasteiger partial charge < -0.3 is 20.1 Å². The molecule has 130 valence electrons. The van der Waals surface area contributed by atoms with E-state index in [-0.39, 0.29) is 0 Å². The van der Waals surface area contributed by atoms with Gasteiger partial charge in [-0.05, 0) is 6.42 Å². The van der Waals surface area contributed by atoms with Crippen molar-refractivity contribution in [3.63, 3.8) is 0 Å². The first-order valence-corrected chi connectivity index (χ1v) is 7.57. The number of nitrogens with one attached hydrogen (secondary N) is 1. The molecule has 23 heavy (non-hydrogen) atoms. The number of rotatable bonds is 6. The van der Waals surface area contributed by atoms with Crippen LogP contribution in [0.4, 0.5) is 4.39 Å². The Labute approximate surface area is 131 Å². The molecule has 1 aromatic heterocycles. The molecular formula is C14H21FN2O6. The standard InChI is InChI=1S/C14H21FN2O6/c1-2-3-4-5-8(18)11-9(19)10(20)13(23-11)17-6-7(15)12(21)16-14(17)22/h6,8-11,13,18-20H,2-5H2,1H3,(H,16,21,22)/t8?,9-,10+,11+,13+/m0/s1. The van der Waals surface area contributed by atoms with Gasteiger partial charge in [-0.15, -0.1) is 0 Å². The second-order valence-corrected chi connectivity index (χ2v) is 5.68. The van der Waals surface area contributed by atoms with E-state index in [1.165, 1.54) is 0 Å². The number of ether oxygens (including phenoxy) is 1. The average molecular weight is 332 g/mol. The summed E-state index contributed by atoms with van der Waals surface area (Å²) < 4.78 is 19.4. The summed E-state index contributed by atoms with van der Waals surface area (Å²) in [5.41, 5.74) is -2.16. The molecule has 0 saturated carbocycles. The molecule has 5 atom stereocenters. The monoisotopic (exact) mass is 332 g/mol. The zero-order valence-electron chi connectivity index (χ0n) is 12.7. The topological polar surface area (TPSA) is 125 Å². The Bertz CT molecular complexity index is 645. The largest absolute Gasteiger partial charge is 0.390 e. The van der Waals surface area contributed by atoms with E-state index in [0.717, 1.165) is 19.3 Å². The molecular weight excluding hydrogens is 311 g/mol. The van der Waals surface area contributed by atoms with E-state index >= 15 is 0 Å². The van der Waals surface area contributed by atoms with Crippen molar-refractivity contribution in [2.45, 2.75) is 63.3 Å². The Hall–Kier alpha value is -1.55. The molecule has 0 amide bonds. The van der Waals surface area contributed by atoms with Gasteiger partial charge >= 0.3 is 5.69 Å². The zero-order chi connectivity index (χ0) is 17.1. The van der Waals surface area contributed by atoms with Gasteiger partial charge in [0, 0.05) is 0 Å². The van der Waals surface area contributed by atoms with Crippen molar-refractivity contribution in [3.05, 3.63) is 32.9 Å². The number of aromatic nitrogens is 2. The van der Waals surface area contributed by atoms with Crippen LogP contribution in [0, 0.1) is 5.82 Å². The van der Waals surface area contributed by atoms with Gasteiger partial charge in [0.2, 0.25) is 5.82 Å². The maximum absolute atomic E-state index is 13.3. The molecule has 8 nitrogen and oxygen atoms in total. The number of hydrogen-bond acceptors (Lipinski definition) is 6. The highest BCUT2D eigenvalue weighted by Crippen LogP contribution is 2.31. The molecule has 0 aliphatic carbocycles. The van der Waals surface area contributed by atoms with Gasteiger partial charge in [-0.1, -0.05) is 26.2 Å². The SMILES string of the molecule is CCCCCC(O)[C@H]1O[C@@H](n2cc(F)c(=O)[nH]c2=O)[C@H](O)[C@@H]1O. The van der Waals surface area contributed by atoms with E-state index in [0.29, 0.717) is 17.2 Å². The summed E-state index contributed by atoms with van der Waals surface area (Å²) in [5.74, 6) is -1.22. The van der Waals surface area contributed by atoms with E-state index in [1.54, 1.807) is 4.98 Å². The summed E-state index contributed by atoms with van der Waals surface area (Å²) in [6, 6.07) is 0. The van der Waals surface area contributed by atoms with Crippen molar-refractivity contribution in [1.29, 1.82) is 0 Å². The molecule has 2 rings (SSSR count). The molecule has 1 unspecified atom stereocenters. The molecule has 1 saturated heterocycles. The van der Waals surface area contributed by atoms with Crippen LogP contribution in [-0.2, 0) is 4.74 Å². The first kappa shape index (κ1) is 17.8. The Morgan fingerprint density at radius 1 is 1.35 bits per heavy atom. The predicted molar refractivity (Wildman–Crippen MR) is 77.4 cm³/mol. The maximum Gasteiger partial charge on any atom is 0.330 e. The second-order valence-electron chi connectivity index (χ2n) is 5.68. The summed E-state index contributed by atoms with van der Waals surface area (Å²) in [4.78, 5) is 24.5. The fraction of sp³-hybridized carbons (Fsp3) is 0.714. The molecule has 0 bridgehead atoms. The second kappa shape index (κ2) is 7.35. The van der Waals surface area contributed by atoms with Crippen LogP contribution in [0.3, 0.4) is 0 Å². The first-order valence-electron chi connectivity index (χ1n) is 7.57. The van der Waals surface area contributed by atoms with Crippen LogP contribution in [-0.4, -0.2) is 49.3 Å². The average Bonchev–Trinajstić information content (AvgIpc) is 2.79. The lowest BCUT2D eigenvalue weighted by Gasteiger charge is -2.21. The maximum atomic E-state index is 13.3. The van der Waals surface area contributed by atoms with Crippen molar-refractivity contribution in [2.75, 3.05) is 0 Å². The third-order valence-corrected chi connectivity index (χ3v) is 3.96. The third-order valence-electron chi connectivity index (χ3n) is 3.96. The fourth-order valence-electron chi connectivity index (χ4n) is 2.65. The normalized spacial score (nSPS) is 28.9. The van der Waals surface area contributed by atoms with Gasteiger partial charge in [-0.2, -0.15) is 4.39 Å². The molecule has 0 radical (unpaired) electrons. The van der Waals surface area contributed by atoms with Crippen LogP contribution in [0.5, 0.6) is 0 Å². The van der Waals surface area contributed by atoms with Crippen LogP contribution in [0.1, 0.15) is 38.8 Å². The molecule has 1 aliphatic heterocycles. The molecule has 1 fully saturated rings. The van der Waals surface area contributed by atoms with Crippen molar-refractivity contribution in [3.8, 4) is 0 Å². The van der Waals surface area contributed by atoms with Crippen molar-refractivity contribution >= 4 is 0 Å². The van der Waals surface area contributed by atoms with Gasteiger partial charge in [0.1, 0.15) is 18.3 Å². The van der Waals surface area contributed by atoms with Gasteiger partial charge in [-0.25, -0.2) is 4.79 Å². The number of aliphatic hydroxyl groups excluding tert-OH is 3. The van der Waals surface area contributed by atoms with Crippen molar-refractivity contribution < 1.29 is 24.4 Å². The lowest BCUT2D eigenvalue weighted by Crippen LogP contribution is -2.39. The highest BCUT2D eigenvalue weighted by molar-refractivity contribution is 4.96. The lowest BCUT2D eigenvalue weighted by molar-refractivity contribution is -0.0884. The lowest BCUT2D eigenvalue weighted by atomic mass is 10.0. The number of halogens is 1. The quantitative estimate of drug-likeness (QED) is 0.507. The molecule has 1 aliphatic rings. The molecule has 4 N–H and O–H groups in total.